The summed E-state index contributed by atoms with van der Waals surface area (Å²) in [5, 5.41) is 6.85. The minimum absolute atomic E-state index is 0.617. The van der Waals surface area contributed by atoms with Gasteiger partial charge in [0.25, 0.3) is 0 Å². The molecule has 0 amide bonds. The Morgan fingerprint density at radius 2 is 0.933 bits per heavy atom. The number of rotatable bonds is 4. The molecular formula is C41H25N3O. The van der Waals surface area contributed by atoms with E-state index < -0.39 is 0 Å². The van der Waals surface area contributed by atoms with Gasteiger partial charge in [-0.15, -0.1) is 0 Å². The summed E-state index contributed by atoms with van der Waals surface area (Å²) in [6.45, 7) is 0. The second kappa shape index (κ2) is 10.2. The molecule has 0 fully saturated rings. The largest absolute Gasteiger partial charge is 0.456 e. The predicted octanol–water partition coefficient (Wildman–Crippen LogP) is 10.7. The number of fused-ring (bicyclic) bond motifs is 5. The number of benzene rings is 7. The van der Waals surface area contributed by atoms with E-state index in [1.54, 1.807) is 0 Å². The third kappa shape index (κ3) is 4.35. The van der Waals surface area contributed by atoms with Crippen LogP contribution in [0.25, 0.3) is 88.8 Å². The van der Waals surface area contributed by atoms with Gasteiger partial charge in [-0.3, -0.25) is 0 Å². The van der Waals surface area contributed by atoms with Gasteiger partial charge < -0.3 is 4.42 Å². The average Bonchev–Trinajstić information content (AvgIpc) is 3.49. The molecule has 9 aromatic rings. The van der Waals surface area contributed by atoms with Gasteiger partial charge in [-0.1, -0.05) is 115 Å². The zero-order valence-electron chi connectivity index (χ0n) is 24.2. The molecule has 0 saturated carbocycles. The Morgan fingerprint density at radius 1 is 0.333 bits per heavy atom. The molecule has 7 aromatic carbocycles. The molecule has 0 bridgehead atoms. The predicted molar refractivity (Wildman–Crippen MR) is 184 cm³/mol. The lowest BCUT2D eigenvalue weighted by molar-refractivity contribution is 0.669. The van der Waals surface area contributed by atoms with E-state index >= 15 is 0 Å². The van der Waals surface area contributed by atoms with Crippen molar-refractivity contribution in [3.8, 4) is 45.3 Å². The van der Waals surface area contributed by atoms with Crippen molar-refractivity contribution in [2.75, 3.05) is 0 Å². The molecule has 0 aliphatic rings. The van der Waals surface area contributed by atoms with Crippen LogP contribution in [0.3, 0.4) is 0 Å². The first-order valence-electron chi connectivity index (χ1n) is 15.0. The molecule has 0 aliphatic heterocycles. The molecule has 2 heterocycles. The highest BCUT2D eigenvalue weighted by atomic mass is 16.3. The molecule has 210 valence electrons. The van der Waals surface area contributed by atoms with E-state index in [-0.39, 0.29) is 0 Å². The number of hydrogen-bond acceptors (Lipinski definition) is 4. The maximum Gasteiger partial charge on any atom is 0.164 e. The van der Waals surface area contributed by atoms with Gasteiger partial charge in [-0.05, 0) is 69.1 Å². The van der Waals surface area contributed by atoms with Crippen molar-refractivity contribution in [2.24, 2.45) is 0 Å². The van der Waals surface area contributed by atoms with Gasteiger partial charge in [0, 0.05) is 27.5 Å². The van der Waals surface area contributed by atoms with E-state index in [9.17, 15) is 0 Å². The first kappa shape index (κ1) is 25.4. The van der Waals surface area contributed by atoms with Crippen LogP contribution < -0.4 is 0 Å². The maximum atomic E-state index is 6.10. The summed E-state index contributed by atoms with van der Waals surface area (Å²) >= 11 is 0. The van der Waals surface area contributed by atoms with E-state index in [4.69, 9.17) is 19.4 Å². The SMILES string of the molecule is c1ccc(-c2nc(-c3cc(-c4cccc5ccccc45)c4ccccc4c3)nc(-c3ccc4oc5ccccc5c4c3)n2)cc1. The third-order valence-corrected chi connectivity index (χ3v) is 8.50. The van der Waals surface area contributed by atoms with E-state index in [0.717, 1.165) is 49.6 Å². The fourth-order valence-corrected chi connectivity index (χ4v) is 6.34. The van der Waals surface area contributed by atoms with Crippen molar-refractivity contribution in [2.45, 2.75) is 0 Å². The van der Waals surface area contributed by atoms with Crippen LogP contribution in [-0.4, -0.2) is 15.0 Å². The van der Waals surface area contributed by atoms with Gasteiger partial charge in [0.05, 0.1) is 0 Å². The first-order valence-corrected chi connectivity index (χ1v) is 15.0. The summed E-state index contributed by atoms with van der Waals surface area (Å²) in [7, 11) is 0. The first-order chi connectivity index (χ1) is 22.3. The highest BCUT2D eigenvalue weighted by Crippen LogP contribution is 2.38. The highest BCUT2D eigenvalue weighted by molar-refractivity contribution is 6.08. The summed E-state index contributed by atoms with van der Waals surface area (Å²) in [4.78, 5) is 15.2. The lowest BCUT2D eigenvalue weighted by Gasteiger charge is -2.14. The zero-order valence-corrected chi connectivity index (χ0v) is 24.2. The molecule has 45 heavy (non-hydrogen) atoms. The summed E-state index contributed by atoms with van der Waals surface area (Å²) in [6.07, 6.45) is 0. The molecule has 0 atom stereocenters. The van der Waals surface area contributed by atoms with Crippen LogP contribution in [0.15, 0.2) is 156 Å². The van der Waals surface area contributed by atoms with Gasteiger partial charge in [0.15, 0.2) is 17.5 Å². The Labute approximate surface area is 259 Å². The van der Waals surface area contributed by atoms with Crippen molar-refractivity contribution < 1.29 is 4.42 Å². The number of nitrogens with zero attached hydrogens (tertiary/aromatic N) is 3. The molecule has 0 saturated heterocycles. The Balaban J connectivity index is 1.29. The lowest BCUT2D eigenvalue weighted by Crippen LogP contribution is -2.00. The molecule has 0 radical (unpaired) electrons. The van der Waals surface area contributed by atoms with Crippen LogP contribution in [0.1, 0.15) is 0 Å². The molecular weight excluding hydrogens is 550 g/mol. The van der Waals surface area contributed by atoms with Gasteiger partial charge in [0.1, 0.15) is 11.2 Å². The molecule has 4 nitrogen and oxygen atoms in total. The van der Waals surface area contributed by atoms with Crippen molar-refractivity contribution in [1.82, 2.24) is 15.0 Å². The Hall–Kier alpha value is -6.13. The summed E-state index contributed by atoms with van der Waals surface area (Å²) in [6, 6.07) is 52.3. The van der Waals surface area contributed by atoms with Crippen LogP contribution >= 0.6 is 0 Å². The van der Waals surface area contributed by atoms with Crippen molar-refractivity contribution >= 4 is 43.5 Å². The monoisotopic (exact) mass is 575 g/mol. The molecule has 0 aliphatic carbocycles. The summed E-state index contributed by atoms with van der Waals surface area (Å²) in [5.41, 5.74) is 6.81. The molecule has 9 rings (SSSR count). The third-order valence-electron chi connectivity index (χ3n) is 8.50. The standard InChI is InChI=1S/C41H25N3O/c1-2-12-27(13-3-1)39-42-40(29-21-22-38-36(24-29)34-18-8-9-20-37(34)45-38)44-41(43-39)30-23-28-14-5-7-17-32(28)35(25-30)33-19-10-15-26-11-4-6-16-31(26)33/h1-25H. The number of hydrogen-bond donors (Lipinski definition) is 0. The van der Waals surface area contributed by atoms with Gasteiger partial charge in [-0.2, -0.15) is 0 Å². The van der Waals surface area contributed by atoms with E-state index in [1.807, 2.05) is 60.7 Å². The lowest BCUT2D eigenvalue weighted by atomic mass is 9.92. The van der Waals surface area contributed by atoms with Crippen molar-refractivity contribution in [1.29, 1.82) is 0 Å². The number of furan rings is 1. The fourth-order valence-electron chi connectivity index (χ4n) is 6.34. The molecule has 0 spiro atoms. The van der Waals surface area contributed by atoms with Crippen LogP contribution in [0, 0.1) is 0 Å². The minimum Gasteiger partial charge on any atom is -0.456 e. The normalized spacial score (nSPS) is 11.6. The molecule has 0 unspecified atom stereocenters. The van der Waals surface area contributed by atoms with E-state index in [2.05, 4.69) is 91.0 Å². The Morgan fingerprint density at radius 3 is 1.76 bits per heavy atom. The highest BCUT2D eigenvalue weighted by Gasteiger charge is 2.17. The van der Waals surface area contributed by atoms with E-state index in [0.29, 0.717) is 17.5 Å². The second-order valence-electron chi connectivity index (χ2n) is 11.3. The summed E-state index contributed by atoms with van der Waals surface area (Å²) < 4.78 is 6.10. The van der Waals surface area contributed by atoms with Crippen LogP contribution in [-0.2, 0) is 0 Å². The number of para-hydroxylation sites is 1. The average molecular weight is 576 g/mol. The molecule has 4 heteroatoms. The van der Waals surface area contributed by atoms with Crippen LogP contribution in [0.5, 0.6) is 0 Å². The minimum atomic E-state index is 0.617. The Kier molecular flexibility index (Phi) is 5.78. The quantitative estimate of drug-likeness (QED) is 0.209. The number of aromatic nitrogens is 3. The second-order valence-corrected chi connectivity index (χ2v) is 11.3. The van der Waals surface area contributed by atoms with Gasteiger partial charge in [-0.25, -0.2) is 15.0 Å². The summed E-state index contributed by atoms with van der Waals surface area (Å²) in [5.74, 6) is 1.88. The van der Waals surface area contributed by atoms with Crippen LogP contribution in [0.4, 0.5) is 0 Å². The fraction of sp³-hybridized carbons (Fsp3) is 0. The topological polar surface area (TPSA) is 51.8 Å². The van der Waals surface area contributed by atoms with Crippen molar-refractivity contribution in [3.05, 3.63) is 152 Å². The van der Waals surface area contributed by atoms with E-state index in [1.165, 1.54) is 21.7 Å². The Bertz CT molecular complexity index is 2540. The smallest absolute Gasteiger partial charge is 0.164 e. The van der Waals surface area contributed by atoms with Gasteiger partial charge in [0.2, 0.25) is 0 Å². The molecule has 2 aromatic heterocycles. The van der Waals surface area contributed by atoms with Gasteiger partial charge >= 0.3 is 0 Å². The van der Waals surface area contributed by atoms with Crippen molar-refractivity contribution in [3.63, 3.8) is 0 Å². The zero-order chi connectivity index (χ0) is 29.7. The van der Waals surface area contributed by atoms with Crippen LogP contribution in [0.2, 0.25) is 0 Å². The molecule has 0 N–H and O–H groups in total. The maximum absolute atomic E-state index is 6.10.